The van der Waals surface area contributed by atoms with E-state index in [2.05, 4.69) is 25.4 Å². The van der Waals surface area contributed by atoms with E-state index in [1.54, 1.807) is 37.1 Å². The molecular weight excluding hydrogens is 466 g/mol. The maximum Gasteiger partial charge on any atom is 0.416 e. The largest absolute Gasteiger partial charge is 0.416 e. The molecule has 0 atom stereocenters. The van der Waals surface area contributed by atoms with Crippen molar-refractivity contribution in [1.82, 2.24) is 15.0 Å². The molecule has 1 saturated heterocycles. The van der Waals surface area contributed by atoms with Crippen molar-refractivity contribution < 1.29 is 22.3 Å². The van der Waals surface area contributed by atoms with Crippen molar-refractivity contribution >= 4 is 28.9 Å². The molecule has 184 valence electrons. The summed E-state index contributed by atoms with van der Waals surface area (Å²) in [5.41, 5.74) is 1.16. The molecular formula is C23H23F4N7O. The van der Waals surface area contributed by atoms with Crippen molar-refractivity contribution in [3.8, 4) is 0 Å². The SMILES string of the molecule is C/C(=N\N(C)c1ncc(F)c(N2CCOCC2)n1)c1ccc(Nc2cccc(C(F)(F)F)c2)cn1. The Morgan fingerprint density at radius 3 is 2.54 bits per heavy atom. The second-order valence-corrected chi connectivity index (χ2v) is 7.79. The van der Waals surface area contributed by atoms with Gasteiger partial charge in [0, 0.05) is 25.8 Å². The zero-order valence-electron chi connectivity index (χ0n) is 19.1. The lowest BCUT2D eigenvalue weighted by Crippen LogP contribution is -2.37. The van der Waals surface area contributed by atoms with E-state index < -0.39 is 17.6 Å². The number of hydrazone groups is 1. The minimum Gasteiger partial charge on any atom is -0.378 e. The maximum atomic E-state index is 14.3. The molecule has 35 heavy (non-hydrogen) atoms. The summed E-state index contributed by atoms with van der Waals surface area (Å²) in [5.74, 6) is -0.105. The summed E-state index contributed by atoms with van der Waals surface area (Å²) in [5, 5.41) is 8.77. The van der Waals surface area contributed by atoms with Crippen LogP contribution in [0.15, 0.2) is 53.9 Å². The van der Waals surface area contributed by atoms with E-state index in [0.717, 1.165) is 18.3 Å². The fourth-order valence-electron chi connectivity index (χ4n) is 3.44. The maximum absolute atomic E-state index is 14.3. The van der Waals surface area contributed by atoms with Gasteiger partial charge in [0.25, 0.3) is 0 Å². The van der Waals surface area contributed by atoms with Crippen LogP contribution < -0.4 is 15.2 Å². The van der Waals surface area contributed by atoms with Crippen LogP contribution in [0.3, 0.4) is 0 Å². The number of hydrogen-bond donors (Lipinski definition) is 1. The Morgan fingerprint density at radius 2 is 1.86 bits per heavy atom. The number of pyridine rings is 1. The summed E-state index contributed by atoms with van der Waals surface area (Å²) in [4.78, 5) is 14.5. The molecule has 0 aliphatic carbocycles. The van der Waals surface area contributed by atoms with Crippen molar-refractivity contribution in [3.63, 3.8) is 0 Å². The molecule has 0 spiro atoms. The molecule has 4 rings (SSSR count). The Morgan fingerprint density at radius 1 is 1.09 bits per heavy atom. The van der Waals surface area contributed by atoms with Crippen molar-refractivity contribution in [2.24, 2.45) is 5.10 Å². The summed E-state index contributed by atoms with van der Waals surface area (Å²) in [6, 6.07) is 8.29. The predicted octanol–water partition coefficient (Wildman–Crippen LogP) is 4.47. The highest BCUT2D eigenvalue weighted by Gasteiger charge is 2.30. The van der Waals surface area contributed by atoms with Gasteiger partial charge in [-0.25, -0.2) is 14.4 Å². The van der Waals surface area contributed by atoms with Gasteiger partial charge in [-0.05, 0) is 37.3 Å². The molecule has 2 aromatic heterocycles. The zero-order chi connectivity index (χ0) is 25.0. The Kier molecular flexibility index (Phi) is 7.10. The van der Waals surface area contributed by atoms with Gasteiger partial charge in [0.1, 0.15) is 0 Å². The number of alkyl halides is 3. The number of nitrogens with one attached hydrogen (secondary N) is 1. The third-order valence-electron chi connectivity index (χ3n) is 5.23. The third-order valence-corrected chi connectivity index (χ3v) is 5.23. The van der Waals surface area contributed by atoms with E-state index in [0.29, 0.717) is 49.1 Å². The number of morpholine rings is 1. The summed E-state index contributed by atoms with van der Waals surface area (Å²) in [6.07, 6.45) is -1.81. The van der Waals surface area contributed by atoms with Gasteiger partial charge in [-0.3, -0.25) is 4.98 Å². The second kappa shape index (κ2) is 10.2. The topological polar surface area (TPSA) is 78.8 Å². The molecule has 8 nitrogen and oxygen atoms in total. The summed E-state index contributed by atoms with van der Waals surface area (Å²) in [7, 11) is 1.64. The third kappa shape index (κ3) is 6.01. The summed E-state index contributed by atoms with van der Waals surface area (Å²) < 4.78 is 58.3. The normalized spacial score (nSPS) is 14.7. The van der Waals surface area contributed by atoms with Gasteiger partial charge in [0.05, 0.1) is 48.3 Å². The van der Waals surface area contributed by atoms with Crippen LogP contribution >= 0.6 is 0 Å². The van der Waals surface area contributed by atoms with Crippen molar-refractivity contribution in [1.29, 1.82) is 0 Å². The molecule has 0 saturated carbocycles. The molecule has 0 unspecified atom stereocenters. The number of aromatic nitrogens is 3. The van der Waals surface area contributed by atoms with Crippen molar-refractivity contribution in [2.75, 3.05) is 48.6 Å². The highest BCUT2D eigenvalue weighted by atomic mass is 19.4. The molecule has 0 bridgehead atoms. The number of ether oxygens (including phenoxy) is 1. The van der Waals surface area contributed by atoms with Gasteiger partial charge in [0.15, 0.2) is 11.6 Å². The van der Waals surface area contributed by atoms with Crippen LogP contribution in [0.25, 0.3) is 0 Å². The van der Waals surface area contributed by atoms with E-state index in [4.69, 9.17) is 4.74 Å². The minimum absolute atomic E-state index is 0.196. The first-order chi connectivity index (χ1) is 16.7. The molecule has 3 aromatic rings. The molecule has 0 radical (unpaired) electrons. The van der Waals surface area contributed by atoms with Crippen LogP contribution in [-0.4, -0.2) is 54.0 Å². The number of nitrogens with zero attached hydrogens (tertiary/aromatic N) is 6. The van der Waals surface area contributed by atoms with E-state index in [9.17, 15) is 17.6 Å². The number of halogens is 4. The first kappa shape index (κ1) is 24.3. The first-order valence-corrected chi connectivity index (χ1v) is 10.8. The number of benzene rings is 1. The van der Waals surface area contributed by atoms with Crippen LogP contribution in [0, 0.1) is 5.82 Å². The number of hydrogen-bond acceptors (Lipinski definition) is 8. The summed E-state index contributed by atoms with van der Waals surface area (Å²) >= 11 is 0. The van der Waals surface area contributed by atoms with E-state index in [1.807, 2.05) is 0 Å². The van der Waals surface area contributed by atoms with Gasteiger partial charge in [-0.2, -0.15) is 23.3 Å². The molecule has 1 fully saturated rings. The monoisotopic (exact) mass is 489 g/mol. The lowest BCUT2D eigenvalue weighted by atomic mass is 10.2. The molecule has 3 heterocycles. The minimum atomic E-state index is -4.42. The van der Waals surface area contributed by atoms with E-state index in [1.165, 1.54) is 17.3 Å². The highest BCUT2D eigenvalue weighted by Crippen LogP contribution is 2.31. The highest BCUT2D eigenvalue weighted by molar-refractivity contribution is 5.97. The van der Waals surface area contributed by atoms with Crippen LogP contribution in [0.5, 0.6) is 0 Å². The quantitative estimate of drug-likeness (QED) is 0.311. The second-order valence-electron chi connectivity index (χ2n) is 7.79. The van der Waals surface area contributed by atoms with Crippen LogP contribution in [-0.2, 0) is 10.9 Å². The predicted molar refractivity (Wildman–Crippen MR) is 125 cm³/mol. The molecule has 1 N–H and O–H groups in total. The zero-order valence-corrected chi connectivity index (χ0v) is 19.1. The Hall–Kier alpha value is -3.80. The molecule has 1 aliphatic heterocycles. The van der Waals surface area contributed by atoms with Gasteiger partial charge in [0.2, 0.25) is 5.95 Å². The summed E-state index contributed by atoms with van der Waals surface area (Å²) in [6.45, 7) is 3.80. The number of rotatable bonds is 6. The average molecular weight is 489 g/mol. The van der Waals surface area contributed by atoms with E-state index >= 15 is 0 Å². The van der Waals surface area contributed by atoms with Gasteiger partial charge in [-0.15, -0.1) is 0 Å². The van der Waals surface area contributed by atoms with Crippen LogP contribution in [0.1, 0.15) is 18.2 Å². The smallest absolute Gasteiger partial charge is 0.378 e. The van der Waals surface area contributed by atoms with Gasteiger partial charge < -0.3 is 15.0 Å². The fourth-order valence-corrected chi connectivity index (χ4v) is 3.44. The molecule has 1 aromatic carbocycles. The van der Waals surface area contributed by atoms with Crippen LogP contribution in [0.4, 0.5) is 40.7 Å². The van der Waals surface area contributed by atoms with Crippen molar-refractivity contribution in [2.45, 2.75) is 13.1 Å². The molecule has 12 heteroatoms. The molecule has 1 aliphatic rings. The first-order valence-electron chi connectivity index (χ1n) is 10.8. The fraction of sp³-hybridized carbons (Fsp3) is 0.304. The lowest BCUT2D eigenvalue weighted by molar-refractivity contribution is -0.137. The van der Waals surface area contributed by atoms with Gasteiger partial charge in [-0.1, -0.05) is 6.07 Å². The lowest BCUT2D eigenvalue weighted by Gasteiger charge is -2.28. The number of anilines is 4. The van der Waals surface area contributed by atoms with Gasteiger partial charge >= 0.3 is 6.18 Å². The van der Waals surface area contributed by atoms with E-state index in [-0.39, 0.29) is 11.8 Å². The average Bonchev–Trinajstić information content (AvgIpc) is 2.85. The Balaban J connectivity index is 1.46. The standard InChI is InChI=1S/C23H23F4N7O/c1-15(32-33(2)22-29-14-19(24)21(31-22)34-8-10-35-11-9-34)20-7-6-18(13-28-20)30-17-5-3-4-16(12-17)23(25,26)27/h3-7,12-14,30H,8-11H2,1-2H3/b32-15+. The molecule has 0 amide bonds. The van der Waals surface area contributed by atoms with Crippen molar-refractivity contribution in [3.05, 3.63) is 65.9 Å². The Bertz CT molecular complexity index is 1200. The van der Waals surface area contributed by atoms with Crippen LogP contribution in [0.2, 0.25) is 0 Å². The Labute approximate surface area is 199 Å².